The van der Waals surface area contributed by atoms with Crippen LogP contribution in [0.5, 0.6) is 5.75 Å². The van der Waals surface area contributed by atoms with Gasteiger partial charge < -0.3 is 29.6 Å². The highest BCUT2D eigenvalue weighted by Gasteiger charge is 2.14. The van der Waals surface area contributed by atoms with Crippen LogP contribution in [-0.2, 0) is 24.0 Å². The highest BCUT2D eigenvalue weighted by molar-refractivity contribution is 5.63. The summed E-state index contributed by atoms with van der Waals surface area (Å²) >= 11 is 0. The number of nitrogen functional groups attached to an aromatic ring is 1. The van der Waals surface area contributed by atoms with Crippen molar-refractivity contribution in [2.24, 2.45) is 0 Å². The van der Waals surface area contributed by atoms with Gasteiger partial charge in [-0.25, -0.2) is 9.78 Å². The molecule has 0 unspecified atom stereocenters. The van der Waals surface area contributed by atoms with Gasteiger partial charge in [0.05, 0.1) is 51.9 Å². The number of ether oxygens (including phenoxy) is 4. The molecule has 0 amide bonds. The van der Waals surface area contributed by atoms with Crippen molar-refractivity contribution >= 4 is 11.4 Å². The van der Waals surface area contributed by atoms with E-state index in [0.717, 1.165) is 5.69 Å². The first-order valence-electron chi connectivity index (χ1n) is 8.56. The lowest BCUT2D eigenvalue weighted by atomic mass is 10.2. The van der Waals surface area contributed by atoms with Crippen molar-refractivity contribution in [1.29, 1.82) is 0 Å². The van der Waals surface area contributed by atoms with Crippen LogP contribution in [0.2, 0.25) is 0 Å². The molecular formula is C17H28N2O6. The highest BCUT2D eigenvalue weighted by atomic mass is 17.2. The van der Waals surface area contributed by atoms with Gasteiger partial charge in [-0.3, -0.25) is 0 Å². The van der Waals surface area contributed by atoms with Crippen LogP contribution < -0.4 is 15.4 Å². The van der Waals surface area contributed by atoms with Gasteiger partial charge in [0, 0.05) is 18.3 Å². The molecular weight excluding hydrogens is 328 g/mol. The number of benzene rings is 1. The van der Waals surface area contributed by atoms with E-state index in [1.165, 1.54) is 0 Å². The Kier molecular flexibility index (Phi) is 9.38. The van der Waals surface area contributed by atoms with Crippen molar-refractivity contribution in [3.63, 3.8) is 0 Å². The highest BCUT2D eigenvalue weighted by Crippen LogP contribution is 2.30. The molecule has 0 radical (unpaired) electrons. The van der Waals surface area contributed by atoms with Crippen molar-refractivity contribution in [1.82, 2.24) is 0 Å². The first-order chi connectivity index (χ1) is 12.3. The third-order valence-corrected chi connectivity index (χ3v) is 3.47. The summed E-state index contributed by atoms with van der Waals surface area (Å²) in [5, 5.41) is 0. The Balaban J connectivity index is 2.09. The third kappa shape index (κ3) is 7.45. The minimum Gasteiger partial charge on any atom is -0.489 e. The molecule has 2 N–H and O–H groups in total. The second kappa shape index (κ2) is 11.9. The van der Waals surface area contributed by atoms with E-state index in [-0.39, 0.29) is 6.73 Å². The van der Waals surface area contributed by atoms with Crippen LogP contribution in [0.25, 0.3) is 0 Å². The molecule has 1 aliphatic heterocycles. The first kappa shape index (κ1) is 19.7. The predicted molar refractivity (Wildman–Crippen MR) is 93.7 cm³/mol. The van der Waals surface area contributed by atoms with E-state index in [0.29, 0.717) is 70.8 Å². The van der Waals surface area contributed by atoms with Gasteiger partial charge >= 0.3 is 0 Å². The average Bonchev–Trinajstić information content (AvgIpc) is 2.62. The summed E-state index contributed by atoms with van der Waals surface area (Å²) in [5.74, 6) is 0.676. The van der Waals surface area contributed by atoms with E-state index in [2.05, 4.69) is 0 Å². The van der Waals surface area contributed by atoms with Crippen LogP contribution in [-0.4, -0.2) is 66.1 Å². The number of nitrogens with zero attached hydrogens (tertiary/aromatic N) is 1. The van der Waals surface area contributed by atoms with Crippen molar-refractivity contribution in [3.05, 3.63) is 18.2 Å². The lowest BCUT2D eigenvalue weighted by molar-refractivity contribution is -0.290. The molecule has 1 aromatic rings. The fourth-order valence-electron chi connectivity index (χ4n) is 2.27. The predicted octanol–water partition coefficient (Wildman–Crippen LogP) is 1.44. The number of hydrogen-bond acceptors (Lipinski definition) is 8. The van der Waals surface area contributed by atoms with E-state index in [1.807, 2.05) is 24.0 Å². The minimum absolute atomic E-state index is 0.254. The summed E-state index contributed by atoms with van der Waals surface area (Å²) < 4.78 is 22.4. The zero-order valence-electron chi connectivity index (χ0n) is 14.8. The summed E-state index contributed by atoms with van der Waals surface area (Å²) in [5.41, 5.74) is 7.40. The molecule has 0 spiro atoms. The van der Waals surface area contributed by atoms with Gasteiger partial charge in [-0.15, -0.1) is 0 Å². The molecule has 1 heterocycles. The maximum atomic E-state index is 5.90. The van der Waals surface area contributed by atoms with Crippen molar-refractivity contribution in [2.75, 3.05) is 76.8 Å². The quantitative estimate of drug-likeness (QED) is 0.375. The number of nitrogens with two attached hydrogens (primary N) is 1. The van der Waals surface area contributed by atoms with Gasteiger partial charge in [0.1, 0.15) is 12.4 Å². The molecule has 0 atom stereocenters. The summed E-state index contributed by atoms with van der Waals surface area (Å²) in [4.78, 5) is 12.2. The minimum atomic E-state index is 0.254. The molecule has 0 fully saturated rings. The van der Waals surface area contributed by atoms with Gasteiger partial charge in [-0.1, -0.05) is 0 Å². The molecule has 1 aromatic carbocycles. The summed E-state index contributed by atoms with van der Waals surface area (Å²) in [6.07, 6.45) is 0. The Labute approximate surface area is 148 Å². The number of anilines is 2. The van der Waals surface area contributed by atoms with Gasteiger partial charge in [0.25, 0.3) is 0 Å². The molecule has 8 nitrogen and oxygen atoms in total. The molecule has 0 aliphatic carbocycles. The van der Waals surface area contributed by atoms with Gasteiger partial charge in [-0.2, -0.15) is 0 Å². The average molecular weight is 356 g/mol. The zero-order valence-corrected chi connectivity index (χ0v) is 14.8. The molecule has 0 bridgehead atoms. The molecule has 25 heavy (non-hydrogen) atoms. The van der Waals surface area contributed by atoms with E-state index < -0.39 is 0 Å². The number of rotatable bonds is 4. The second-order valence-corrected chi connectivity index (χ2v) is 5.33. The molecule has 2 rings (SSSR count). The zero-order chi connectivity index (χ0) is 17.7. The standard InChI is InChI=1S/C17H28N2O6/c1-2-24-25-14-19-5-6-20-7-8-21-9-10-22-11-12-23-17-13-15(18)3-4-16(17)19/h3-4,13H,2,5-12,14,18H2,1H3. The topological polar surface area (TPSA) is 84.6 Å². The van der Waals surface area contributed by atoms with Crippen molar-refractivity contribution in [3.8, 4) is 5.75 Å². The van der Waals surface area contributed by atoms with E-state index >= 15 is 0 Å². The first-order valence-corrected chi connectivity index (χ1v) is 8.56. The molecule has 0 saturated carbocycles. The van der Waals surface area contributed by atoms with Crippen LogP contribution in [0, 0.1) is 0 Å². The summed E-state index contributed by atoms with van der Waals surface area (Å²) in [6, 6.07) is 5.53. The fraction of sp³-hybridized carbons (Fsp3) is 0.647. The Bertz CT molecular complexity index is 488. The van der Waals surface area contributed by atoms with Crippen LogP contribution in [0.1, 0.15) is 6.92 Å². The molecule has 0 aromatic heterocycles. The maximum absolute atomic E-state index is 5.90. The number of fused-ring (bicyclic) bond motifs is 1. The van der Waals surface area contributed by atoms with Crippen molar-refractivity contribution < 1.29 is 28.7 Å². The van der Waals surface area contributed by atoms with Crippen molar-refractivity contribution in [2.45, 2.75) is 6.92 Å². The van der Waals surface area contributed by atoms with Crippen LogP contribution in [0.15, 0.2) is 18.2 Å². The molecule has 8 heteroatoms. The van der Waals surface area contributed by atoms with Crippen LogP contribution in [0.3, 0.4) is 0 Å². The Morgan fingerprint density at radius 2 is 1.64 bits per heavy atom. The maximum Gasteiger partial charge on any atom is 0.154 e. The normalized spacial score (nSPS) is 17.9. The number of hydrogen-bond donors (Lipinski definition) is 1. The lowest BCUT2D eigenvalue weighted by Crippen LogP contribution is -2.31. The Morgan fingerprint density at radius 1 is 0.960 bits per heavy atom. The lowest BCUT2D eigenvalue weighted by Gasteiger charge is -2.26. The van der Waals surface area contributed by atoms with Gasteiger partial charge in [0.15, 0.2) is 6.73 Å². The van der Waals surface area contributed by atoms with E-state index in [1.54, 1.807) is 6.07 Å². The smallest absolute Gasteiger partial charge is 0.154 e. The fourth-order valence-corrected chi connectivity index (χ4v) is 2.27. The molecule has 1 aliphatic rings. The van der Waals surface area contributed by atoms with Crippen LogP contribution >= 0.6 is 0 Å². The molecule has 142 valence electrons. The monoisotopic (exact) mass is 356 g/mol. The summed E-state index contributed by atoms with van der Waals surface area (Å²) in [7, 11) is 0. The van der Waals surface area contributed by atoms with E-state index in [9.17, 15) is 0 Å². The van der Waals surface area contributed by atoms with E-state index in [4.69, 9.17) is 34.5 Å². The van der Waals surface area contributed by atoms with Gasteiger partial charge in [-0.05, 0) is 19.1 Å². The second-order valence-electron chi connectivity index (χ2n) is 5.33. The summed E-state index contributed by atoms with van der Waals surface area (Å²) in [6.45, 7) is 6.79. The SMILES string of the molecule is CCOOCN1CCOCCOCCOCCOc2cc(N)ccc21. The third-order valence-electron chi connectivity index (χ3n) is 3.47. The Hall–Kier alpha value is -1.58. The largest absolute Gasteiger partial charge is 0.489 e. The van der Waals surface area contributed by atoms with Gasteiger partial charge in [0.2, 0.25) is 0 Å². The Morgan fingerprint density at radius 3 is 2.36 bits per heavy atom. The molecule has 0 saturated heterocycles. The van der Waals surface area contributed by atoms with Crippen LogP contribution in [0.4, 0.5) is 11.4 Å².